The molecule has 0 spiro atoms. The third-order valence-electron chi connectivity index (χ3n) is 2.95. The van der Waals surface area contributed by atoms with Gasteiger partial charge in [-0.15, -0.1) is 0 Å². The van der Waals surface area contributed by atoms with Crippen LogP contribution in [0.15, 0.2) is 40.9 Å². The van der Waals surface area contributed by atoms with Gasteiger partial charge in [-0.2, -0.15) is 0 Å². The number of hydrogen-bond acceptors (Lipinski definition) is 2. The third kappa shape index (κ3) is 2.62. The van der Waals surface area contributed by atoms with Crippen LogP contribution in [-0.4, -0.2) is 5.78 Å². The van der Waals surface area contributed by atoms with Gasteiger partial charge in [0.25, 0.3) is 0 Å². The fourth-order valence-electron chi connectivity index (χ4n) is 1.79. The van der Waals surface area contributed by atoms with Gasteiger partial charge in [0.15, 0.2) is 5.78 Å². The Hall–Kier alpha value is -1.61. The van der Waals surface area contributed by atoms with Gasteiger partial charge < -0.3 is 5.73 Å². The van der Waals surface area contributed by atoms with E-state index in [4.69, 9.17) is 5.73 Å². The van der Waals surface area contributed by atoms with Crippen LogP contribution in [0.4, 0.5) is 5.69 Å². The molecule has 0 aliphatic heterocycles. The number of nitrogens with two attached hydrogens (primary N) is 1. The van der Waals surface area contributed by atoms with Gasteiger partial charge >= 0.3 is 0 Å². The maximum atomic E-state index is 12.3. The Morgan fingerprint density at radius 2 is 1.72 bits per heavy atom. The molecule has 18 heavy (non-hydrogen) atoms. The molecule has 0 aliphatic carbocycles. The summed E-state index contributed by atoms with van der Waals surface area (Å²) in [6, 6.07) is 11.0. The second kappa shape index (κ2) is 4.94. The van der Waals surface area contributed by atoms with Gasteiger partial charge in [0.1, 0.15) is 0 Å². The third-order valence-corrected chi connectivity index (χ3v) is 3.41. The Balaban J connectivity index is 2.44. The van der Waals surface area contributed by atoms with Crippen molar-refractivity contribution in [2.24, 2.45) is 0 Å². The van der Waals surface area contributed by atoms with Crippen LogP contribution < -0.4 is 5.73 Å². The maximum absolute atomic E-state index is 12.3. The molecule has 0 aromatic heterocycles. The van der Waals surface area contributed by atoms with Crippen LogP contribution >= 0.6 is 15.9 Å². The number of nitrogen functional groups attached to an aromatic ring is 1. The van der Waals surface area contributed by atoms with Crippen molar-refractivity contribution < 1.29 is 4.79 Å². The summed E-state index contributed by atoms with van der Waals surface area (Å²) < 4.78 is 0.815. The van der Waals surface area contributed by atoms with Crippen molar-refractivity contribution in [3.8, 4) is 0 Å². The van der Waals surface area contributed by atoms with Crippen LogP contribution in [-0.2, 0) is 0 Å². The number of carbonyl (C=O) groups excluding carboxylic acids is 1. The van der Waals surface area contributed by atoms with Crippen LogP contribution in [0, 0.1) is 13.8 Å². The highest BCUT2D eigenvalue weighted by atomic mass is 79.9. The zero-order valence-corrected chi connectivity index (χ0v) is 11.9. The van der Waals surface area contributed by atoms with Crippen LogP contribution in [0.3, 0.4) is 0 Å². The average Bonchev–Trinajstić information content (AvgIpc) is 2.30. The minimum absolute atomic E-state index is 0.00824. The lowest BCUT2D eigenvalue weighted by molar-refractivity contribution is 0.103. The molecule has 0 aliphatic rings. The number of carbonyl (C=O) groups is 1. The Morgan fingerprint density at radius 1 is 1.00 bits per heavy atom. The first-order valence-electron chi connectivity index (χ1n) is 5.65. The Morgan fingerprint density at radius 3 is 2.33 bits per heavy atom. The Kier molecular flexibility index (Phi) is 3.53. The molecule has 2 aromatic carbocycles. The second-order valence-electron chi connectivity index (χ2n) is 4.40. The molecule has 0 fully saturated rings. The highest BCUT2D eigenvalue weighted by Gasteiger charge is 2.11. The molecule has 0 radical (unpaired) electrons. The molecule has 2 nitrogen and oxygen atoms in total. The van der Waals surface area contributed by atoms with E-state index < -0.39 is 0 Å². The topological polar surface area (TPSA) is 43.1 Å². The quantitative estimate of drug-likeness (QED) is 0.676. The minimum Gasteiger partial charge on any atom is -0.399 e. The van der Waals surface area contributed by atoms with Gasteiger partial charge in [0.05, 0.1) is 0 Å². The van der Waals surface area contributed by atoms with Gasteiger partial charge in [0, 0.05) is 21.3 Å². The molecule has 0 bridgehead atoms. The van der Waals surface area contributed by atoms with Crippen molar-refractivity contribution in [3.63, 3.8) is 0 Å². The maximum Gasteiger partial charge on any atom is 0.193 e. The Bertz CT molecular complexity index is 600. The van der Waals surface area contributed by atoms with E-state index in [9.17, 15) is 4.79 Å². The van der Waals surface area contributed by atoms with Gasteiger partial charge in [-0.3, -0.25) is 4.79 Å². The van der Waals surface area contributed by atoms with Gasteiger partial charge in [0.2, 0.25) is 0 Å². The normalized spacial score (nSPS) is 10.4. The second-order valence-corrected chi connectivity index (χ2v) is 5.32. The number of rotatable bonds is 2. The predicted molar refractivity (Wildman–Crippen MR) is 77.9 cm³/mol. The summed E-state index contributed by atoms with van der Waals surface area (Å²) in [7, 11) is 0. The van der Waals surface area contributed by atoms with E-state index >= 15 is 0 Å². The fraction of sp³-hybridized carbons (Fsp3) is 0.133. The molecule has 0 amide bonds. The zero-order chi connectivity index (χ0) is 13.3. The van der Waals surface area contributed by atoms with E-state index in [1.54, 1.807) is 18.2 Å². The smallest absolute Gasteiger partial charge is 0.193 e. The van der Waals surface area contributed by atoms with Crippen molar-refractivity contribution in [3.05, 3.63) is 63.1 Å². The summed E-state index contributed by atoms with van der Waals surface area (Å²) >= 11 is 3.35. The zero-order valence-electron chi connectivity index (χ0n) is 10.3. The highest BCUT2D eigenvalue weighted by Crippen LogP contribution is 2.20. The molecule has 0 saturated heterocycles. The number of anilines is 1. The molecule has 0 unspecified atom stereocenters. The summed E-state index contributed by atoms with van der Waals surface area (Å²) in [5.74, 6) is -0.00824. The number of halogens is 1. The van der Waals surface area contributed by atoms with Crippen molar-refractivity contribution in [1.82, 2.24) is 0 Å². The van der Waals surface area contributed by atoms with E-state index in [1.165, 1.54) is 5.56 Å². The Labute approximate surface area is 115 Å². The standard InChI is InChI=1S/C15H14BrNO/c1-9-3-4-11(5-10(9)2)15(18)12-6-13(16)8-14(17)7-12/h3-8H,17H2,1-2H3. The number of ketones is 1. The van der Waals surface area contributed by atoms with E-state index in [0.29, 0.717) is 16.8 Å². The summed E-state index contributed by atoms with van der Waals surface area (Å²) in [4.78, 5) is 12.3. The van der Waals surface area contributed by atoms with Crippen molar-refractivity contribution >= 4 is 27.4 Å². The number of aryl methyl sites for hydroxylation is 2. The monoisotopic (exact) mass is 303 g/mol. The van der Waals surface area contributed by atoms with Crippen LogP contribution in [0.1, 0.15) is 27.0 Å². The molecular weight excluding hydrogens is 290 g/mol. The molecule has 2 aromatic rings. The summed E-state index contributed by atoms with van der Waals surface area (Å²) in [6.07, 6.45) is 0. The highest BCUT2D eigenvalue weighted by molar-refractivity contribution is 9.10. The average molecular weight is 304 g/mol. The molecule has 0 saturated carbocycles. The van der Waals surface area contributed by atoms with Crippen molar-refractivity contribution in [2.45, 2.75) is 13.8 Å². The van der Waals surface area contributed by atoms with Gasteiger partial charge in [-0.25, -0.2) is 0 Å². The molecule has 3 heteroatoms. The molecule has 2 rings (SSSR count). The fourth-order valence-corrected chi connectivity index (χ4v) is 2.30. The molecule has 0 atom stereocenters. The summed E-state index contributed by atoms with van der Waals surface area (Å²) in [6.45, 7) is 4.03. The van der Waals surface area contributed by atoms with Crippen LogP contribution in [0.2, 0.25) is 0 Å². The lowest BCUT2D eigenvalue weighted by Gasteiger charge is -2.06. The van der Waals surface area contributed by atoms with Crippen molar-refractivity contribution in [2.75, 3.05) is 5.73 Å². The van der Waals surface area contributed by atoms with E-state index in [0.717, 1.165) is 10.0 Å². The van der Waals surface area contributed by atoms with Crippen LogP contribution in [0.25, 0.3) is 0 Å². The lowest BCUT2D eigenvalue weighted by atomic mass is 9.99. The predicted octanol–water partition coefficient (Wildman–Crippen LogP) is 3.88. The van der Waals surface area contributed by atoms with E-state index in [2.05, 4.69) is 15.9 Å². The molecule has 2 N–H and O–H groups in total. The summed E-state index contributed by atoms with van der Waals surface area (Å²) in [5.41, 5.74) is 9.92. The minimum atomic E-state index is -0.00824. The number of hydrogen-bond donors (Lipinski definition) is 1. The summed E-state index contributed by atoms with van der Waals surface area (Å²) in [5, 5.41) is 0. The largest absolute Gasteiger partial charge is 0.399 e. The van der Waals surface area contributed by atoms with Crippen molar-refractivity contribution in [1.29, 1.82) is 0 Å². The lowest BCUT2D eigenvalue weighted by Crippen LogP contribution is -2.03. The van der Waals surface area contributed by atoms with E-state index in [1.807, 2.05) is 32.0 Å². The van der Waals surface area contributed by atoms with Crippen LogP contribution in [0.5, 0.6) is 0 Å². The first-order chi connectivity index (χ1) is 8.47. The SMILES string of the molecule is Cc1ccc(C(=O)c2cc(N)cc(Br)c2)cc1C. The van der Waals surface area contributed by atoms with Gasteiger partial charge in [-0.05, 0) is 49.2 Å². The first-order valence-corrected chi connectivity index (χ1v) is 6.44. The first kappa shape index (κ1) is 12.8. The van der Waals surface area contributed by atoms with Gasteiger partial charge in [-0.1, -0.05) is 28.1 Å². The number of benzene rings is 2. The van der Waals surface area contributed by atoms with E-state index in [-0.39, 0.29) is 5.78 Å². The molecule has 92 valence electrons. The molecule has 0 heterocycles. The molecular formula is C15H14BrNO.